The summed E-state index contributed by atoms with van der Waals surface area (Å²) in [5.41, 5.74) is 9.12. The minimum atomic E-state index is -0.984. The first-order valence-corrected chi connectivity index (χ1v) is 9.70. The lowest BCUT2D eigenvalue weighted by Crippen LogP contribution is -2.33. The van der Waals surface area contributed by atoms with Crippen LogP contribution >= 0.6 is 0 Å². The number of hydrogen-bond donors (Lipinski definition) is 1. The Kier molecular flexibility index (Phi) is 6.47. The predicted molar refractivity (Wildman–Crippen MR) is 108 cm³/mol. The molecular weight excluding hydrogens is 348 g/mol. The lowest BCUT2D eigenvalue weighted by molar-refractivity contribution is 0.112. The zero-order valence-corrected chi connectivity index (χ0v) is 16.9. The molecule has 1 heterocycles. The number of benzene rings is 1. The maximum atomic E-state index is 12.2. The van der Waals surface area contributed by atoms with E-state index in [1.54, 1.807) is 5.01 Å². The van der Waals surface area contributed by atoms with Crippen molar-refractivity contribution in [1.29, 1.82) is 0 Å². The van der Waals surface area contributed by atoms with E-state index in [1.165, 1.54) is 6.40 Å². The van der Waals surface area contributed by atoms with Crippen molar-refractivity contribution >= 4 is 22.8 Å². The quantitative estimate of drug-likeness (QED) is 0.792. The van der Waals surface area contributed by atoms with Crippen molar-refractivity contribution in [2.45, 2.75) is 37.1 Å². The van der Waals surface area contributed by atoms with E-state index >= 15 is 0 Å². The molecule has 26 heavy (non-hydrogen) atoms. The highest BCUT2D eigenvalue weighted by Gasteiger charge is 2.23. The number of likely N-dealkylation sites (N-methyl/N-ethyl adjacent to an activating group) is 2. The van der Waals surface area contributed by atoms with Gasteiger partial charge in [-0.3, -0.25) is 9.22 Å². The molecule has 0 saturated heterocycles. The average Bonchev–Trinajstić information content (AvgIpc) is 3.05. The van der Waals surface area contributed by atoms with Gasteiger partial charge in [0.1, 0.15) is 5.82 Å². The summed E-state index contributed by atoms with van der Waals surface area (Å²) in [6.45, 7) is 10.6. The Morgan fingerprint density at radius 2 is 2.04 bits per heavy atom. The first kappa shape index (κ1) is 20.0. The summed E-state index contributed by atoms with van der Waals surface area (Å²) in [5, 5.41) is 5.88. The van der Waals surface area contributed by atoms with Crippen LogP contribution in [0, 0.1) is 0 Å². The number of ether oxygens (including phenoxy) is 1. The van der Waals surface area contributed by atoms with Crippen LogP contribution in [0.25, 0.3) is 5.57 Å². The van der Waals surface area contributed by atoms with Crippen LogP contribution in [0.1, 0.15) is 26.3 Å². The van der Waals surface area contributed by atoms with Gasteiger partial charge >= 0.3 is 0 Å². The minimum Gasteiger partial charge on any atom is -0.453 e. The summed E-state index contributed by atoms with van der Waals surface area (Å²) in [4.78, 5) is 2.77. The lowest BCUT2D eigenvalue weighted by atomic mass is 10.1. The van der Waals surface area contributed by atoms with Crippen molar-refractivity contribution in [2.24, 2.45) is 10.8 Å². The molecule has 0 radical (unpaired) electrons. The van der Waals surface area contributed by atoms with Crippen LogP contribution in [0.2, 0.25) is 0 Å². The van der Waals surface area contributed by atoms with E-state index in [-0.39, 0.29) is 11.5 Å². The maximum absolute atomic E-state index is 12.2. The Labute approximate surface area is 158 Å². The molecular formula is C19H28N4O2S. The highest BCUT2D eigenvalue weighted by atomic mass is 32.2. The monoisotopic (exact) mass is 376 g/mol. The Morgan fingerprint density at radius 3 is 2.54 bits per heavy atom. The van der Waals surface area contributed by atoms with Gasteiger partial charge in [-0.1, -0.05) is 32.6 Å². The van der Waals surface area contributed by atoms with Crippen LogP contribution in [-0.2, 0) is 15.5 Å². The standard InChI is InChI=1S/C19H28N4O2S/c1-13(2)26(24)17-9-7-16(8-10-17)14(3)11-22(5)18(20)15(4)19-23(6)21-12-25-19/h7-10,12-13,19H,3,11,20H2,1-2,4-6H3/b18-15+. The fourth-order valence-electron chi connectivity index (χ4n) is 2.68. The smallest absolute Gasteiger partial charge is 0.213 e. The molecule has 0 amide bonds. The first-order valence-electron chi connectivity index (χ1n) is 8.49. The fraction of sp³-hybridized carbons (Fsp3) is 0.421. The Bertz CT molecular complexity index is 740. The number of nitrogens with two attached hydrogens (primary N) is 1. The maximum Gasteiger partial charge on any atom is 0.213 e. The number of hydrazone groups is 1. The van der Waals surface area contributed by atoms with Gasteiger partial charge in [-0.2, -0.15) is 0 Å². The summed E-state index contributed by atoms with van der Waals surface area (Å²) in [7, 11) is 2.77. The van der Waals surface area contributed by atoms with E-state index < -0.39 is 10.8 Å². The third-order valence-electron chi connectivity index (χ3n) is 4.30. The highest BCUT2D eigenvalue weighted by Crippen LogP contribution is 2.21. The Balaban J connectivity index is 2.05. The second-order valence-electron chi connectivity index (χ2n) is 6.68. The molecule has 2 unspecified atom stereocenters. The van der Waals surface area contributed by atoms with Crippen molar-refractivity contribution in [1.82, 2.24) is 9.91 Å². The molecule has 2 rings (SSSR count). The Morgan fingerprint density at radius 1 is 1.42 bits per heavy atom. The zero-order valence-electron chi connectivity index (χ0n) is 16.1. The average molecular weight is 377 g/mol. The second kappa shape index (κ2) is 8.40. The van der Waals surface area contributed by atoms with Gasteiger partial charge in [0.15, 0.2) is 6.40 Å². The molecule has 7 heteroatoms. The van der Waals surface area contributed by atoms with E-state index in [2.05, 4.69) is 11.7 Å². The van der Waals surface area contributed by atoms with Gasteiger partial charge in [0.2, 0.25) is 6.23 Å². The van der Waals surface area contributed by atoms with Crippen LogP contribution in [-0.4, -0.2) is 52.6 Å². The lowest BCUT2D eigenvalue weighted by Gasteiger charge is -2.26. The molecule has 1 aromatic rings. The van der Waals surface area contributed by atoms with Crippen molar-refractivity contribution in [3.8, 4) is 0 Å². The van der Waals surface area contributed by atoms with Crippen LogP contribution in [0.4, 0.5) is 0 Å². The first-order chi connectivity index (χ1) is 12.2. The third-order valence-corrected chi connectivity index (χ3v) is 5.89. The van der Waals surface area contributed by atoms with E-state index in [9.17, 15) is 4.21 Å². The summed E-state index contributed by atoms with van der Waals surface area (Å²) in [6.07, 6.45) is 1.14. The van der Waals surface area contributed by atoms with Crippen LogP contribution < -0.4 is 5.73 Å². The number of rotatable bonds is 7. The van der Waals surface area contributed by atoms with Gasteiger partial charge in [0, 0.05) is 36.4 Å². The molecule has 0 spiro atoms. The van der Waals surface area contributed by atoms with Gasteiger partial charge in [-0.25, -0.2) is 0 Å². The van der Waals surface area contributed by atoms with Gasteiger partial charge in [-0.15, -0.1) is 5.10 Å². The molecule has 0 saturated carbocycles. The summed E-state index contributed by atoms with van der Waals surface area (Å²) < 4.78 is 17.6. The van der Waals surface area contributed by atoms with Gasteiger partial charge in [0.25, 0.3) is 0 Å². The zero-order chi connectivity index (χ0) is 19.4. The topological polar surface area (TPSA) is 71.2 Å². The van der Waals surface area contributed by atoms with Crippen LogP contribution in [0.3, 0.4) is 0 Å². The highest BCUT2D eigenvalue weighted by molar-refractivity contribution is 7.85. The van der Waals surface area contributed by atoms with E-state index in [0.29, 0.717) is 12.4 Å². The van der Waals surface area contributed by atoms with Crippen molar-refractivity contribution in [3.63, 3.8) is 0 Å². The van der Waals surface area contributed by atoms with E-state index in [1.807, 2.05) is 64.0 Å². The molecule has 2 N–H and O–H groups in total. The molecule has 6 nitrogen and oxygen atoms in total. The van der Waals surface area contributed by atoms with Crippen molar-refractivity contribution < 1.29 is 8.95 Å². The van der Waals surface area contributed by atoms with Gasteiger partial charge in [-0.05, 0) is 30.2 Å². The molecule has 1 aliphatic heterocycles. The minimum absolute atomic E-state index is 0.100. The molecule has 0 fully saturated rings. The molecule has 142 valence electrons. The summed E-state index contributed by atoms with van der Waals surface area (Å²) in [6, 6.07) is 7.72. The molecule has 0 aliphatic carbocycles. The fourth-order valence-corrected chi connectivity index (χ4v) is 3.63. The van der Waals surface area contributed by atoms with Crippen molar-refractivity contribution in [3.05, 3.63) is 47.8 Å². The van der Waals surface area contributed by atoms with E-state index in [0.717, 1.165) is 21.6 Å². The molecule has 2 atom stereocenters. The molecule has 0 aromatic heterocycles. The molecule has 0 bridgehead atoms. The summed E-state index contributed by atoms with van der Waals surface area (Å²) >= 11 is 0. The normalized spacial score (nSPS) is 18.5. The van der Waals surface area contributed by atoms with E-state index in [4.69, 9.17) is 10.5 Å². The summed E-state index contributed by atoms with van der Waals surface area (Å²) in [5.74, 6) is 0.631. The Hall–Kier alpha value is -2.28. The molecule has 1 aromatic carbocycles. The SMILES string of the molecule is C=C(CN(C)/C(N)=C(\C)C1OC=NN1C)c1ccc(S(=O)C(C)C)cc1. The van der Waals surface area contributed by atoms with Gasteiger partial charge in [0.05, 0.1) is 10.8 Å². The second-order valence-corrected chi connectivity index (χ2v) is 8.69. The molecule has 1 aliphatic rings. The van der Waals surface area contributed by atoms with Crippen LogP contribution in [0.15, 0.2) is 52.2 Å². The predicted octanol–water partition coefficient (Wildman–Crippen LogP) is 2.57. The van der Waals surface area contributed by atoms with Crippen molar-refractivity contribution in [2.75, 3.05) is 20.6 Å². The number of hydrogen-bond acceptors (Lipinski definition) is 6. The van der Waals surface area contributed by atoms with Gasteiger partial charge < -0.3 is 15.4 Å². The van der Waals surface area contributed by atoms with Crippen LogP contribution in [0.5, 0.6) is 0 Å². The number of nitrogens with zero attached hydrogens (tertiary/aromatic N) is 3. The third kappa shape index (κ3) is 4.46. The largest absolute Gasteiger partial charge is 0.453 e.